The predicted octanol–water partition coefficient (Wildman–Crippen LogP) is 3.83. The average molecular weight is 319 g/mol. The van der Waals surface area contributed by atoms with E-state index in [1.54, 1.807) is 5.38 Å². The van der Waals surface area contributed by atoms with Crippen LogP contribution < -0.4 is 5.32 Å². The minimum absolute atomic E-state index is 0.0993. The third kappa shape index (κ3) is 4.36. The van der Waals surface area contributed by atoms with Crippen molar-refractivity contribution in [1.29, 1.82) is 0 Å². The van der Waals surface area contributed by atoms with Gasteiger partial charge in [-0.05, 0) is 18.3 Å². The molecule has 106 valence electrons. The van der Waals surface area contributed by atoms with Crippen LogP contribution in [0.15, 0.2) is 9.72 Å². The van der Waals surface area contributed by atoms with Crippen molar-refractivity contribution in [2.24, 2.45) is 11.8 Å². The average Bonchev–Trinajstić information content (AvgIpc) is 2.78. The number of rotatable bonds is 4. The lowest BCUT2D eigenvalue weighted by molar-refractivity contribution is -0.119. The van der Waals surface area contributed by atoms with Gasteiger partial charge in [0.15, 0.2) is 4.34 Å². The highest BCUT2D eigenvalue weighted by atomic mass is 35.5. The summed E-state index contributed by atoms with van der Waals surface area (Å²) in [6, 6.07) is 0.330. The molecule has 1 saturated carbocycles. The molecule has 1 heterocycles. The predicted molar refractivity (Wildman–Crippen MR) is 82.0 cm³/mol. The number of aromatic nitrogens is 1. The van der Waals surface area contributed by atoms with Gasteiger partial charge >= 0.3 is 0 Å². The molecule has 0 radical (unpaired) electrons. The molecule has 3 nitrogen and oxygen atoms in total. The van der Waals surface area contributed by atoms with Gasteiger partial charge in [-0.25, -0.2) is 4.98 Å². The molecule has 6 heteroatoms. The number of thiazole rings is 1. The van der Waals surface area contributed by atoms with Crippen molar-refractivity contribution in [2.75, 3.05) is 5.75 Å². The molecular formula is C13H19ClN2OS2. The van der Waals surface area contributed by atoms with Crippen molar-refractivity contribution < 1.29 is 4.79 Å². The number of hydrogen-bond donors (Lipinski definition) is 1. The van der Waals surface area contributed by atoms with E-state index in [1.165, 1.54) is 35.9 Å². The van der Waals surface area contributed by atoms with Gasteiger partial charge in [0.05, 0.1) is 5.75 Å². The van der Waals surface area contributed by atoms with E-state index in [4.69, 9.17) is 11.6 Å². The Labute approximate surface area is 127 Å². The van der Waals surface area contributed by atoms with E-state index in [1.807, 2.05) is 0 Å². The van der Waals surface area contributed by atoms with Crippen LogP contribution >= 0.6 is 34.7 Å². The van der Waals surface area contributed by atoms with Crippen LogP contribution in [0.1, 0.15) is 33.1 Å². The van der Waals surface area contributed by atoms with E-state index in [-0.39, 0.29) is 5.91 Å². The lowest BCUT2D eigenvalue weighted by Crippen LogP contribution is -2.44. The van der Waals surface area contributed by atoms with Crippen molar-refractivity contribution in [1.82, 2.24) is 10.3 Å². The number of carbonyl (C=O) groups is 1. The molecule has 3 unspecified atom stereocenters. The lowest BCUT2D eigenvalue weighted by Gasteiger charge is -2.34. The van der Waals surface area contributed by atoms with Crippen molar-refractivity contribution in [3.63, 3.8) is 0 Å². The highest BCUT2D eigenvalue weighted by Crippen LogP contribution is 2.30. The van der Waals surface area contributed by atoms with Crippen LogP contribution in [0.5, 0.6) is 0 Å². The Kier molecular flexibility index (Phi) is 5.54. The fourth-order valence-electron chi connectivity index (χ4n) is 2.47. The summed E-state index contributed by atoms with van der Waals surface area (Å²) < 4.78 is 0.852. The molecule has 1 N–H and O–H groups in total. The molecule has 0 aliphatic heterocycles. The molecule has 0 bridgehead atoms. The first-order valence-electron chi connectivity index (χ1n) is 6.59. The topological polar surface area (TPSA) is 42.0 Å². The Hall–Kier alpha value is -0.260. The first-order valence-corrected chi connectivity index (χ1v) is 8.83. The molecule has 1 aromatic heterocycles. The number of carbonyl (C=O) groups excluding carboxylic acids is 1. The molecule has 3 atom stereocenters. The molecule has 0 saturated heterocycles. The van der Waals surface area contributed by atoms with Gasteiger partial charge in [0.2, 0.25) is 5.91 Å². The smallest absolute Gasteiger partial charge is 0.230 e. The van der Waals surface area contributed by atoms with Crippen molar-refractivity contribution in [2.45, 2.75) is 43.5 Å². The van der Waals surface area contributed by atoms with Gasteiger partial charge in [0, 0.05) is 11.4 Å². The maximum Gasteiger partial charge on any atom is 0.230 e. The third-order valence-electron chi connectivity index (χ3n) is 3.84. The molecule has 2 rings (SSSR count). The second-order valence-electron chi connectivity index (χ2n) is 5.17. The zero-order valence-corrected chi connectivity index (χ0v) is 13.6. The number of thioether (sulfide) groups is 1. The van der Waals surface area contributed by atoms with Gasteiger partial charge in [-0.2, -0.15) is 0 Å². The molecule has 0 spiro atoms. The molecule has 1 aliphatic rings. The molecule has 1 amide bonds. The number of hydrogen-bond acceptors (Lipinski definition) is 4. The number of nitrogens with one attached hydrogen (secondary N) is 1. The van der Waals surface area contributed by atoms with Crippen LogP contribution in [0.2, 0.25) is 5.15 Å². The fraction of sp³-hybridized carbons (Fsp3) is 0.692. The van der Waals surface area contributed by atoms with Gasteiger partial charge < -0.3 is 5.32 Å². The molecule has 0 aromatic carbocycles. The summed E-state index contributed by atoms with van der Waals surface area (Å²) in [6.45, 7) is 4.51. The number of nitrogens with zero attached hydrogens (tertiary/aromatic N) is 1. The SMILES string of the molecule is CC1CCCC(NC(=O)CSc2nc(Cl)cs2)C1C. The quantitative estimate of drug-likeness (QED) is 0.858. The summed E-state index contributed by atoms with van der Waals surface area (Å²) >= 11 is 8.68. The van der Waals surface area contributed by atoms with E-state index in [0.717, 1.165) is 10.8 Å². The Morgan fingerprint density at radius 2 is 2.37 bits per heavy atom. The third-order valence-corrected chi connectivity index (χ3v) is 6.18. The maximum atomic E-state index is 12.0. The number of amides is 1. The number of halogens is 1. The van der Waals surface area contributed by atoms with Gasteiger partial charge in [-0.15, -0.1) is 11.3 Å². The van der Waals surface area contributed by atoms with E-state index in [9.17, 15) is 4.79 Å². The maximum absolute atomic E-state index is 12.0. The highest BCUT2D eigenvalue weighted by Gasteiger charge is 2.27. The Morgan fingerprint density at radius 1 is 1.58 bits per heavy atom. The summed E-state index contributed by atoms with van der Waals surface area (Å²) in [5.41, 5.74) is 0. The highest BCUT2D eigenvalue weighted by molar-refractivity contribution is 8.01. The minimum atomic E-state index is 0.0993. The van der Waals surface area contributed by atoms with Crippen molar-refractivity contribution in [3.05, 3.63) is 10.5 Å². The Bertz CT molecular complexity index is 438. The molecule has 19 heavy (non-hydrogen) atoms. The molecular weight excluding hydrogens is 300 g/mol. The summed E-state index contributed by atoms with van der Waals surface area (Å²) in [6.07, 6.45) is 3.59. The van der Waals surface area contributed by atoms with Crippen LogP contribution in [-0.2, 0) is 4.79 Å². The lowest BCUT2D eigenvalue weighted by atomic mass is 9.78. The van der Waals surface area contributed by atoms with Gasteiger partial charge in [-0.3, -0.25) is 4.79 Å². The molecule has 1 aromatic rings. The van der Waals surface area contributed by atoms with Crippen LogP contribution in [0.25, 0.3) is 0 Å². The molecule has 1 fully saturated rings. The normalized spacial score (nSPS) is 27.2. The molecule has 1 aliphatic carbocycles. The van der Waals surface area contributed by atoms with Crippen LogP contribution in [0.3, 0.4) is 0 Å². The summed E-state index contributed by atoms with van der Waals surface area (Å²) in [7, 11) is 0. The largest absolute Gasteiger partial charge is 0.352 e. The van der Waals surface area contributed by atoms with E-state index in [0.29, 0.717) is 28.8 Å². The van der Waals surface area contributed by atoms with Crippen LogP contribution in [0, 0.1) is 11.8 Å². The van der Waals surface area contributed by atoms with Gasteiger partial charge in [0.1, 0.15) is 5.15 Å². The minimum Gasteiger partial charge on any atom is -0.352 e. The second-order valence-corrected chi connectivity index (χ2v) is 7.63. The summed E-state index contributed by atoms with van der Waals surface area (Å²) in [5.74, 6) is 1.78. The zero-order valence-electron chi connectivity index (χ0n) is 11.2. The Morgan fingerprint density at radius 3 is 3.05 bits per heavy atom. The summed E-state index contributed by atoms with van der Waals surface area (Å²) in [4.78, 5) is 16.1. The van der Waals surface area contributed by atoms with Gasteiger partial charge in [-0.1, -0.05) is 50.1 Å². The van der Waals surface area contributed by atoms with Gasteiger partial charge in [0.25, 0.3) is 0 Å². The van der Waals surface area contributed by atoms with Crippen molar-refractivity contribution >= 4 is 40.6 Å². The Balaban J connectivity index is 1.77. The fourth-order valence-corrected chi connectivity index (χ4v) is 4.28. The van der Waals surface area contributed by atoms with Crippen LogP contribution in [0.4, 0.5) is 0 Å². The summed E-state index contributed by atoms with van der Waals surface area (Å²) in [5, 5.41) is 5.45. The monoisotopic (exact) mass is 318 g/mol. The van der Waals surface area contributed by atoms with Crippen molar-refractivity contribution in [3.8, 4) is 0 Å². The standard InChI is InChI=1S/C13H19ClN2OS2/c1-8-4-3-5-10(9(8)2)15-12(17)7-19-13-16-11(14)6-18-13/h6,8-10H,3-5,7H2,1-2H3,(H,15,17). The van der Waals surface area contributed by atoms with E-state index >= 15 is 0 Å². The van der Waals surface area contributed by atoms with E-state index < -0.39 is 0 Å². The first kappa shape index (κ1) is 15.1. The second kappa shape index (κ2) is 6.95. The van der Waals surface area contributed by atoms with Crippen LogP contribution in [-0.4, -0.2) is 22.7 Å². The zero-order chi connectivity index (χ0) is 13.8. The van der Waals surface area contributed by atoms with E-state index in [2.05, 4.69) is 24.1 Å². The first-order chi connectivity index (χ1) is 9.06.